The van der Waals surface area contributed by atoms with Crippen molar-refractivity contribution in [2.45, 2.75) is 22.6 Å². The van der Waals surface area contributed by atoms with E-state index in [2.05, 4.69) is 22.6 Å². The molecule has 2 aliphatic rings. The van der Waals surface area contributed by atoms with Crippen LogP contribution in [-0.2, 0) is 14.3 Å². The van der Waals surface area contributed by atoms with Gasteiger partial charge in [-0.15, -0.1) is 0 Å². The highest BCUT2D eigenvalue weighted by atomic mass is 127. The predicted octanol–water partition coefficient (Wildman–Crippen LogP) is 0.504. The zero-order valence-corrected chi connectivity index (χ0v) is 7.41. The lowest BCUT2D eigenvalue weighted by atomic mass is 10.2. The summed E-state index contributed by atoms with van der Waals surface area (Å²) in [6.07, 6.45) is 0.784. The Morgan fingerprint density at radius 3 is 2.70 bits per heavy atom. The van der Waals surface area contributed by atoms with E-state index in [1.807, 2.05) is 0 Å². The molecule has 0 saturated carbocycles. The molecular formula is C6H7IO3. The van der Waals surface area contributed by atoms with Gasteiger partial charge in [-0.2, -0.15) is 0 Å². The molecule has 0 radical (unpaired) electrons. The summed E-state index contributed by atoms with van der Waals surface area (Å²) in [6.45, 7) is 0.761. The van der Waals surface area contributed by atoms with Gasteiger partial charge in [0, 0.05) is 0 Å². The van der Waals surface area contributed by atoms with Crippen LogP contribution >= 0.6 is 22.6 Å². The summed E-state index contributed by atoms with van der Waals surface area (Å²) in [5, 5.41) is 0. The molecule has 0 spiro atoms. The van der Waals surface area contributed by atoms with E-state index in [9.17, 15) is 4.79 Å². The number of cyclic esters (lactones) is 1. The average Bonchev–Trinajstić information content (AvgIpc) is 2.61. The number of carbonyl (C=O) groups is 1. The van der Waals surface area contributed by atoms with Crippen molar-refractivity contribution in [3.63, 3.8) is 0 Å². The second kappa shape index (κ2) is 2.34. The first-order valence-electron chi connectivity index (χ1n) is 3.22. The average molecular weight is 254 g/mol. The highest BCUT2D eigenvalue weighted by molar-refractivity contribution is 14.1. The van der Waals surface area contributed by atoms with Gasteiger partial charge in [-0.1, -0.05) is 22.6 Å². The third kappa shape index (κ3) is 1.14. The zero-order chi connectivity index (χ0) is 7.14. The maximum absolute atomic E-state index is 10.7. The maximum Gasteiger partial charge on any atom is 0.307 e. The fraction of sp³-hybridized carbons (Fsp3) is 0.833. The van der Waals surface area contributed by atoms with E-state index in [0.717, 1.165) is 6.61 Å². The molecule has 56 valence electrons. The molecule has 10 heavy (non-hydrogen) atoms. The molecule has 2 aliphatic heterocycles. The lowest BCUT2D eigenvalue weighted by Gasteiger charge is -2.07. The van der Waals surface area contributed by atoms with Crippen LogP contribution in [0.1, 0.15) is 6.42 Å². The van der Waals surface area contributed by atoms with E-state index < -0.39 is 0 Å². The van der Waals surface area contributed by atoms with Gasteiger partial charge in [0.05, 0.1) is 17.0 Å². The number of ether oxygens (including phenoxy) is 2. The number of alkyl halides is 1. The molecule has 4 heteroatoms. The molecule has 0 N–H and O–H groups in total. The van der Waals surface area contributed by atoms with E-state index in [-0.39, 0.29) is 18.2 Å². The fourth-order valence-corrected chi connectivity index (χ4v) is 2.07. The van der Waals surface area contributed by atoms with Crippen LogP contribution in [-0.4, -0.2) is 28.7 Å². The lowest BCUT2D eigenvalue weighted by molar-refractivity contribution is -0.142. The van der Waals surface area contributed by atoms with Gasteiger partial charge in [-0.05, 0) is 0 Å². The highest BCUT2D eigenvalue weighted by Crippen LogP contribution is 2.31. The van der Waals surface area contributed by atoms with E-state index >= 15 is 0 Å². The Morgan fingerprint density at radius 2 is 2.30 bits per heavy atom. The first kappa shape index (κ1) is 6.84. The molecule has 1 unspecified atom stereocenters. The number of carbonyl (C=O) groups excluding carboxylic acids is 1. The smallest absolute Gasteiger partial charge is 0.307 e. The van der Waals surface area contributed by atoms with Crippen molar-refractivity contribution in [2.24, 2.45) is 0 Å². The minimum atomic E-state index is -0.0834. The molecule has 2 heterocycles. The quantitative estimate of drug-likeness (QED) is 0.296. The van der Waals surface area contributed by atoms with Gasteiger partial charge < -0.3 is 9.47 Å². The monoisotopic (exact) mass is 254 g/mol. The van der Waals surface area contributed by atoms with E-state index in [0.29, 0.717) is 10.3 Å². The Kier molecular flexibility index (Phi) is 1.60. The number of rotatable bonds is 1. The Labute approximate surface area is 72.2 Å². The first-order chi connectivity index (χ1) is 4.77. The Bertz CT molecular complexity index is 166. The van der Waals surface area contributed by atoms with Crippen LogP contribution < -0.4 is 0 Å². The van der Waals surface area contributed by atoms with Crippen molar-refractivity contribution < 1.29 is 14.3 Å². The Balaban J connectivity index is 2.01. The van der Waals surface area contributed by atoms with Crippen molar-refractivity contribution in [1.29, 1.82) is 0 Å². The first-order valence-corrected chi connectivity index (χ1v) is 4.47. The maximum atomic E-state index is 10.7. The number of hydrogen-bond acceptors (Lipinski definition) is 3. The number of epoxide rings is 1. The third-order valence-electron chi connectivity index (χ3n) is 1.71. The van der Waals surface area contributed by atoms with Gasteiger partial charge in [0.2, 0.25) is 0 Å². The third-order valence-corrected chi connectivity index (χ3v) is 2.86. The SMILES string of the molecule is O=C1CC(I)[C@@H]([C@@H]2CO2)O1. The van der Waals surface area contributed by atoms with Gasteiger partial charge in [0.1, 0.15) is 12.2 Å². The topological polar surface area (TPSA) is 38.8 Å². The summed E-state index contributed by atoms with van der Waals surface area (Å²) in [6, 6.07) is 0. The van der Waals surface area contributed by atoms with Crippen molar-refractivity contribution >= 4 is 28.6 Å². The highest BCUT2D eigenvalue weighted by Gasteiger charge is 2.44. The van der Waals surface area contributed by atoms with Crippen molar-refractivity contribution in [3.8, 4) is 0 Å². The predicted molar refractivity (Wildman–Crippen MR) is 42.0 cm³/mol. The molecule has 2 fully saturated rings. The normalized spacial score (nSPS) is 45.3. The second-order valence-corrected chi connectivity index (χ2v) is 4.15. The summed E-state index contributed by atoms with van der Waals surface area (Å²) in [5.41, 5.74) is 0. The Morgan fingerprint density at radius 1 is 1.60 bits per heavy atom. The van der Waals surface area contributed by atoms with Gasteiger partial charge in [0.25, 0.3) is 0 Å². The van der Waals surface area contributed by atoms with Crippen LogP contribution in [0.2, 0.25) is 0 Å². The van der Waals surface area contributed by atoms with Crippen molar-refractivity contribution in [2.75, 3.05) is 6.61 Å². The molecule has 3 nitrogen and oxygen atoms in total. The van der Waals surface area contributed by atoms with Gasteiger partial charge in [0.15, 0.2) is 0 Å². The fourth-order valence-electron chi connectivity index (χ4n) is 1.10. The van der Waals surface area contributed by atoms with Crippen LogP contribution in [0, 0.1) is 0 Å². The molecule has 0 aromatic carbocycles. The Hall–Kier alpha value is 0.160. The standard InChI is InChI=1S/C6H7IO3/c7-3-1-5(8)10-6(3)4-2-9-4/h3-4,6H,1-2H2/t3?,4-,6-/m0/s1. The van der Waals surface area contributed by atoms with Crippen LogP contribution in [0.3, 0.4) is 0 Å². The molecule has 2 rings (SSSR count). The molecule has 2 saturated heterocycles. The lowest BCUT2D eigenvalue weighted by Crippen LogP contribution is -2.22. The number of halogens is 1. The summed E-state index contributed by atoms with van der Waals surface area (Å²) < 4.78 is 10.4. The summed E-state index contributed by atoms with van der Waals surface area (Å²) in [7, 11) is 0. The molecular weight excluding hydrogens is 247 g/mol. The largest absolute Gasteiger partial charge is 0.458 e. The second-order valence-electron chi connectivity index (χ2n) is 2.55. The van der Waals surface area contributed by atoms with Crippen molar-refractivity contribution in [1.82, 2.24) is 0 Å². The van der Waals surface area contributed by atoms with Crippen LogP contribution in [0.4, 0.5) is 0 Å². The molecule has 0 amide bonds. The summed E-state index contributed by atoms with van der Waals surface area (Å²) in [4.78, 5) is 10.7. The van der Waals surface area contributed by atoms with Gasteiger partial charge >= 0.3 is 5.97 Å². The van der Waals surface area contributed by atoms with Crippen LogP contribution in [0.25, 0.3) is 0 Å². The molecule has 0 aliphatic carbocycles. The minimum Gasteiger partial charge on any atom is -0.458 e. The summed E-state index contributed by atoms with van der Waals surface area (Å²) in [5.74, 6) is -0.0834. The molecule has 0 bridgehead atoms. The molecule has 3 atom stereocenters. The minimum absolute atomic E-state index is 0.0353. The molecule has 0 aromatic rings. The van der Waals surface area contributed by atoms with Gasteiger partial charge in [-0.25, -0.2) is 0 Å². The van der Waals surface area contributed by atoms with E-state index in [1.54, 1.807) is 0 Å². The zero-order valence-electron chi connectivity index (χ0n) is 5.25. The summed E-state index contributed by atoms with van der Waals surface area (Å²) >= 11 is 2.24. The van der Waals surface area contributed by atoms with E-state index in [4.69, 9.17) is 9.47 Å². The van der Waals surface area contributed by atoms with E-state index in [1.165, 1.54) is 0 Å². The van der Waals surface area contributed by atoms with Crippen molar-refractivity contribution in [3.05, 3.63) is 0 Å². The van der Waals surface area contributed by atoms with Gasteiger partial charge in [-0.3, -0.25) is 4.79 Å². The van der Waals surface area contributed by atoms with Crippen LogP contribution in [0.15, 0.2) is 0 Å². The number of esters is 1. The van der Waals surface area contributed by atoms with Crippen LogP contribution in [0.5, 0.6) is 0 Å². The number of hydrogen-bond donors (Lipinski definition) is 0. The molecule has 0 aromatic heterocycles.